The summed E-state index contributed by atoms with van der Waals surface area (Å²) in [5.41, 5.74) is 4.79. The largest absolute Gasteiger partial charge is 0.329 e. The van der Waals surface area contributed by atoms with Gasteiger partial charge in [0.25, 0.3) is 0 Å². The second kappa shape index (κ2) is 9.12. The minimum atomic E-state index is -0.910. The Bertz CT molecular complexity index is 814. The smallest absolute Gasteiger partial charge is 0.326 e. The number of carbonyl (C=O) groups excluding carboxylic acids is 3. The number of hydrazone groups is 1. The van der Waals surface area contributed by atoms with E-state index in [-0.39, 0.29) is 12.3 Å². The topological polar surface area (TPSA) is 99.7 Å². The predicted molar refractivity (Wildman–Crippen MR) is 101 cm³/mol. The Kier molecular flexibility index (Phi) is 6.61. The molecule has 0 fully saturated rings. The summed E-state index contributed by atoms with van der Waals surface area (Å²) in [4.78, 5) is 35.4. The second-order valence-electron chi connectivity index (χ2n) is 5.70. The van der Waals surface area contributed by atoms with E-state index in [1.165, 1.54) is 0 Å². The maximum absolute atomic E-state index is 11.9. The van der Waals surface area contributed by atoms with E-state index in [2.05, 4.69) is 21.2 Å². The minimum absolute atomic E-state index is 0.00550. The van der Waals surface area contributed by atoms with Crippen LogP contribution in [0.3, 0.4) is 0 Å². The zero-order chi connectivity index (χ0) is 18.9. The van der Waals surface area contributed by atoms with Crippen molar-refractivity contribution in [1.29, 1.82) is 0 Å². The number of para-hydroxylation sites is 1. The van der Waals surface area contributed by atoms with Gasteiger partial charge in [0.05, 0.1) is 6.42 Å². The number of carbonyl (C=O) groups is 3. The van der Waals surface area contributed by atoms with Gasteiger partial charge in [0.2, 0.25) is 5.91 Å². The molecule has 0 atom stereocenters. The third kappa shape index (κ3) is 6.20. The van der Waals surface area contributed by atoms with Gasteiger partial charge < -0.3 is 10.6 Å². The van der Waals surface area contributed by atoms with Crippen molar-refractivity contribution >= 4 is 34.8 Å². The summed E-state index contributed by atoms with van der Waals surface area (Å²) in [7, 11) is 0. The summed E-state index contributed by atoms with van der Waals surface area (Å²) in [6.07, 6.45) is -0.00550. The van der Waals surface area contributed by atoms with Gasteiger partial charge in [-0.25, -0.2) is 5.43 Å². The van der Waals surface area contributed by atoms with Gasteiger partial charge in [0, 0.05) is 17.1 Å². The standard InChI is InChI=1S/C19H20N4O3/c1-13-8-10-16(11-9-13)20-17(24)12-14(2)22-23-19(26)18(25)21-15-6-4-3-5-7-15/h3-11H,12H2,1-2H3,(H,20,24)(H,21,25)(H,23,26)/b22-14-. The maximum atomic E-state index is 11.9. The van der Waals surface area contributed by atoms with E-state index >= 15 is 0 Å². The van der Waals surface area contributed by atoms with E-state index in [1.807, 2.05) is 19.1 Å². The van der Waals surface area contributed by atoms with Crippen molar-refractivity contribution in [2.24, 2.45) is 5.10 Å². The van der Waals surface area contributed by atoms with Crippen molar-refractivity contribution in [1.82, 2.24) is 5.43 Å². The number of nitrogens with one attached hydrogen (secondary N) is 3. The molecule has 0 saturated heterocycles. The molecule has 0 saturated carbocycles. The van der Waals surface area contributed by atoms with Gasteiger partial charge in [-0.2, -0.15) is 5.10 Å². The molecule has 0 aromatic heterocycles. The van der Waals surface area contributed by atoms with Gasteiger partial charge in [-0.05, 0) is 38.1 Å². The van der Waals surface area contributed by atoms with Crippen LogP contribution in [0, 0.1) is 6.92 Å². The quantitative estimate of drug-likeness (QED) is 0.438. The zero-order valence-electron chi connectivity index (χ0n) is 14.6. The molecule has 0 aliphatic heterocycles. The number of benzene rings is 2. The molecule has 0 bridgehead atoms. The van der Waals surface area contributed by atoms with Crippen LogP contribution < -0.4 is 16.1 Å². The Labute approximate surface area is 151 Å². The molecule has 7 heteroatoms. The van der Waals surface area contributed by atoms with Gasteiger partial charge >= 0.3 is 11.8 Å². The van der Waals surface area contributed by atoms with E-state index in [1.54, 1.807) is 49.4 Å². The number of hydrogen-bond donors (Lipinski definition) is 3. The Balaban J connectivity index is 1.81. The maximum Gasteiger partial charge on any atom is 0.329 e. The summed E-state index contributed by atoms with van der Waals surface area (Å²) >= 11 is 0. The third-order valence-corrected chi connectivity index (χ3v) is 3.34. The Morgan fingerprint density at radius 3 is 2.12 bits per heavy atom. The van der Waals surface area contributed by atoms with E-state index in [9.17, 15) is 14.4 Å². The molecule has 0 spiro atoms. The van der Waals surface area contributed by atoms with Crippen LogP contribution in [0.5, 0.6) is 0 Å². The van der Waals surface area contributed by atoms with Crippen LogP contribution >= 0.6 is 0 Å². The highest BCUT2D eigenvalue weighted by molar-refractivity contribution is 6.39. The second-order valence-corrected chi connectivity index (χ2v) is 5.70. The van der Waals surface area contributed by atoms with Crippen LogP contribution in [0.1, 0.15) is 18.9 Å². The summed E-state index contributed by atoms with van der Waals surface area (Å²) in [6.45, 7) is 3.54. The van der Waals surface area contributed by atoms with Crippen LogP contribution in [-0.4, -0.2) is 23.4 Å². The number of amides is 3. The number of anilines is 2. The molecule has 2 aromatic carbocycles. The normalized spacial score (nSPS) is 10.8. The number of nitrogens with zero attached hydrogens (tertiary/aromatic N) is 1. The minimum Gasteiger partial charge on any atom is -0.326 e. The molecule has 0 unspecified atom stereocenters. The molecule has 0 heterocycles. The van der Waals surface area contributed by atoms with Crippen molar-refractivity contribution in [3.63, 3.8) is 0 Å². The predicted octanol–water partition coefficient (Wildman–Crippen LogP) is 2.45. The highest BCUT2D eigenvalue weighted by Crippen LogP contribution is 2.09. The molecule has 0 aliphatic carbocycles. The molecular formula is C19H20N4O3. The van der Waals surface area contributed by atoms with Crippen LogP contribution in [0.25, 0.3) is 0 Å². The van der Waals surface area contributed by atoms with Crippen molar-refractivity contribution < 1.29 is 14.4 Å². The Hall–Kier alpha value is -3.48. The lowest BCUT2D eigenvalue weighted by atomic mass is 10.2. The van der Waals surface area contributed by atoms with Crippen LogP contribution in [0.15, 0.2) is 59.7 Å². The molecule has 3 amide bonds. The van der Waals surface area contributed by atoms with Crippen molar-refractivity contribution in [3.05, 3.63) is 60.2 Å². The highest BCUT2D eigenvalue weighted by Gasteiger charge is 2.13. The zero-order valence-corrected chi connectivity index (χ0v) is 14.6. The van der Waals surface area contributed by atoms with Gasteiger partial charge in [0.15, 0.2) is 0 Å². The molecular weight excluding hydrogens is 332 g/mol. The average Bonchev–Trinajstić information content (AvgIpc) is 2.62. The molecule has 26 heavy (non-hydrogen) atoms. The summed E-state index contributed by atoms with van der Waals surface area (Å²) < 4.78 is 0. The lowest BCUT2D eigenvalue weighted by molar-refractivity contribution is -0.136. The highest BCUT2D eigenvalue weighted by atomic mass is 16.2. The van der Waals surface area contributed by atoms with Crippen LogP contribution in [0.4, 0.5) is 11.4 Å². The molecule has 2 aromatic rings. The van der Waals surface area contributed by atoms with Gasteiger partial charge in [-0.15, -0.1) is 0 Å². The fraction of sp³-hybridized carbons (Fsp3) is 0.158. The average molecular weight is 352 g/mol. The third-order valence-electron chi connectivity index (χ3n) is 3.34. The molecule has 0 aliphatic rings. The van der Waals surface area contributed by atoms with Crippen molar-refractivity contribution in [3.8, 4) is 0 Å². The van der Waals surface area contributed by atoms with E-state index in [0.717, 1.165) is 5.56 Å². The Morgan fingerprint density at radius 1 is 0.846 bits per heavy atom. The van der Waals surface area contributed by atoms with E-state index < -0.39 is 11.8 Å². The lowest BCUT2D eigenvalue weighted by Gasteiger charge is -2.06. The first-order valence-electron chi connectivity index (χ1n) is 8.00. The first kappa shape index (κ1) is 18.9. The van der Waals surface area contributed by atoms with Gasteiger partial charge in [-0.1, -0.05) is 35.9 Å². The van der Waals surface area contributed by atoms with E-state index in [4.69, 9.17) is 0 Å². The van der Waals surface area contributed by atoms with Gasteiger partial charge in [-0.3, -0.25) is 14.4 Å². The fourth-order valence-corrected chi connectivity index (χ4v) is 2.02. The SMILES string of the molecule is C/C(CC(=O)Nc1ccc(C)cc1)=N/NC(=O)C(=O)Nc1ccccc1. The molecule has 0 radical (unpaired) electrons. The number of aryl methyl sites for hydroxylation is 1. The summed E-state index contributed by atoms with van der Waals surface area (Å²) in [6, 6.07) is 16.0. The fourth-order valence-electron chi connectivity index (χ4n) is 2.02. The van der Waals surface area contributed by atoms with Crippen molar-refractivity contribution in [2.45, 2.75) is 20.3 Å². The molecule has 7 nitrogen and oxygen atoms in total. The monoisotopic (exact) mass is 352 g/mol. The van der Waals surface area contributed by atoms with Gasteiger partial charge in [0.1, 0.15) is 0 Å². The lowest BCUT2D eigenvalue weighted by Crippen LogP contribution is -2.33. The first-order valence-corrected chi connectivity index (χ1v) is 8.00. The van der Waals surface area contributed by atoms with Crippen LogP contribution in [0.2, 0.25) is 0 Å². The first-order chi connectivity index (χ1) is 12.4. The van der Waals surface area contributed by atoms with Crippen LogP contribution in [-0.2, 0) is 14.4 Å². The molecule has 134 valence electrons. The van der Waals surface area contributed by atoms with Crippen molar-refractivity contribution in [2.75, 3.05) is 10.6 Å². The van der Waals surface area contributed by atoms with E-state index in [0.29, 0.717) is 17.1 Å². The number of hydrogen-bond acceptors (Lipinski definition) is 4. The number of rotatable bonds is 5. The summed E-state index contributed by atoms with van der Waals surface area (Å²) in [5.74, 6) is -2.01. The Morgan fingerprint density at radius 2 is 1.46 bits per heavy atom. The molecule has 2 rings (SSSR count). The molecule has 3 N–H and O–H groups in total. The summed E-state index contributed by atoms with van der Waals surface area (Å²) in [5, 5.41) is 8.95.